The molecule has 0 aliphatic heterocycles. The first-order valence-electron chi connectivity index (χ1n) is 3.83. The molecule has 0 rings (SSSR count). The summed E-state index contributed by atoms with van der Waals surface area (Å²) in [6.07, 6.45) is -2.17. The van der Waals surface area contributed by atoms with E-state index in [0.717, 1.165) is 0 Å². The van der Waals surface area contributed by atoms with Crippen molar-refractivity contribution in [1.29, 1.82) is 0 Å². The number of rotatable bonds is 4. The third-order valence-electron chi connectivity index (χ3n) is 1.37. The molecule has 4 N–H and O–H groups in total. The van der Waals surface area contributed by atoms with Gasteiger partial charge in [-0.2, -0.15) is 0 Å². The van der Waals surface area contributed by atoms with Crippen molar-refractivity contribution in [3.8, 4) is 0 Å². The Labute approximate surface area is 80.2 Å². The molecule has 0 saturated carbocycles. The number of primary amides is 1. The van der Waals surface area contributed by atoms with Crippen LogP contribution in [0.2, 0.25) is 0 Å². The van der Waals surface area contributed by atoms with E-state index in [1.165, 1.54) is 13.8 Å². The first kappa shape index (κ1) is 12.4. The highest BCUT2D eigenvalue weighted by atomic mass is 16.5. The number of nitrogens with one attached hydrogen (secondary N) is 1. The summed E-state index contributed by atoms with van der Waals surface area (Å²) in [7, 11) is 0. The third kappa shape index (κ3) is 4.41. The number of carboxylic acid groups (broad SMARTS) is 1. The fourth-order valence-corrected chi connectivity index (χ4v) is 0.649. The zero-order valence-electron chi connectivity index (χ0n) is 7.81. The molecule has 0 aliphatic carbocycles. The molecule has 0 heterocycles. The minimum absolute atomic E-state index is 0.773. The summed E-state index contributed by atoms with van der Waals surface area (Å²) < 4.78 is 4.76. The predicted molar refractivity (Wildman–Crippen MR) is 45.4 cm³/mol. The van der Waals surface area contributed by atoms with E-state index in [1.807, 2.05) is 0 Å². The van der Waals surface area contributed by atoms with E-state index in [0.29, 0.717) is 0 Å². The zero-order chi connectivity index (χ0) is 11.3. The lowest BCUT2D eigenvalue weighted by Crippen LogP contribution is -2.43. The van der Waals surface area contributed by atoms with Crippen LogP contribution >= 0.6 is 0 Å². The maximum atomic E-state index is 11.0. The van der Waals surface area contributed by atoms with Crippen LogP contribution in [0.4, 0.5) is 4.79 Å². The first-order valence-corrected chi connectivity index (χ1v) is 3.83. The molecule has 0 bridgehead atoms. The zero-order valence-corrected chi connectivity index (χ0v) is 7.81. The maximum absolute atomic E-state index is 11.0. The van der Waals surface area contributed by atoms with Gasteiger partial charge in [-0.25, -0.2) is 9.59 Å². The van der Waals surface area contributed by atoms with Crippen LogP contribution in [0.5, 0.6) is 0 Å². The molecule has 7 nitrogen and oxygen atoms in total. The van der Waals surface area contributed by atoms with E-state index in [4.69, 9.17) is 9.84 Å². The average Bonchev–Trinajstić information content (AvgIpc) is 2.02. The quantitative estimate of drug-likeness (QED) is 0.546. The summed E-state index contributed by atoms with van der Waals surface area (Å²) in [4.78, 5) is 31.6. The minimum atomic E-state index is -1.19. The molecular weight excluding hydrogens is 192 g/mol. The molecule has 0 radical (unpaired) electrons. The SMILES string of the molecule is CC(O[C@@H](C)C(=O)O)C(=O)NC(N)=O. The number of urea groups is 1. The maximum Gasteiger partial charge on any atom is 0.332 e. The second-order valence-corrected chi connectivity index (χ2v) is 2.61. The van der Waals surface area contributed by atoms with Gasteiger partial charge in [0.25, 0.3) is 5.91 Å². The summed E-state index contributed by atoms with van der Waals surface area (Å²) in [5.74, 6) is -1.96. The van der Waals surface area contributed by atoms with Crippen LogP contribution in [0.3, 0.4) is 0 Å². The van der Waals surface area contributed by atoms with Gasteiger partial charge >= 0.3 is 12.0 Å². The van der Waals surface area contributed by atoms with Gasteiger partial charge in [-0.1, -0.05) is 0 Å². The molecule has 0 fully saturated rings. The van der Waals surface area contributed by atoms with Gasteiger partial charge in [0.05, 0.1) is 0 Å². The van der Waals surface area contributed by atoms with E-state index >= 15 is 0 Å². The molecule has 7 heteroatoms. The van der Waals surface area contributed by atoms with Crippen molar-refractivity contribution in [2.45, 2.75) is 26.1 Å². The van der Waals surface area contributed by atoms with Crippen molar-refractivity contribution in [3.63, 3.8) is 0 Å². The molecule has 2 atom stereocenters. The molecule has 0 spiro atoms. The number of carbonyl (C=O) groups is 3. The second-order valence-electron chi connectivity index (χ2n) is 2.61. The summed E-state index contributed by atoms with van der Waals surface area (Å²) in [6.45, 7) is 2.59. The summed E-state index contributed by atoms with van der Waals surface area (Å²) in [5.41, 5.74) is 4.68. The van der Waals surface area contributed by atoms with Crippen LogP contribution in [0, 0.1) is 0 Å². The predicted octanol–water partition coefficient (Wildman–Crippen LogP) is -0.940. The molecule has 80 valence electrons. The van der Waals surface area contributed by atoms with Gasteiger partial charge in [0, 0.05) is 0 Å². The third-order valence-corrected chi connectivity index (χ3v) is 1.37. The fraction of sp³-hybridized carbons (Fsp3) is 0.571. The van der Waals surface area contributed by atoms with Gasteiger partial charge in [-0.15, -0.1) is 0 Å². The Balaban J connectivity index is 4.07. The summed E-state index contributed by atoms with van der Waals surface area (Å²) >= 11 is 0. The molecular formula is C7H12N2O5. The van der Waals surface area contributed by atoms with Crippen molar-refractivity contribution >= 4 is 17.9 Å². The Morgan fingerprint density at radius 2 is 1.79 bits per heavy atom. The number of carbonyl (C=O) groups excluding carboxylic acids is 2. The lowest BCUT2D eigenvalue weighted by molar-refractivity contribution is -0.155. The molecule has 0 aromatic rings. The van der Waals surface area contributed by atoms with Crippen LogP contribution < -0.4 is 11.1 Å². The number of amides is 3. The van der Waals surface area contributed by atoms with Gasteiger partial charge in [0.1, 0.15) is 6.10 Å². The van der Waals surface area contributed by atoms with Gasteiger partial charge in [-0.05, 0) is 13.8 Å². The molecule has 14 heavy (non-hydrogen) atoms. The van der Waals surface area contributed by atoms with E-state index in [-0.39, 0.29) is 0 Å². The number of aliphatic carboxylic acids is 1. The smallest absolute Gasteiger partial charge is 0.332 e. The number of hydrogen-bond acceptors (Lipinski definition) is 4. The monoisotopic (exact) mass is 204 g/mol. The van der Waals surface area contributed by atoms with Crippen molar-refractivity contribution in [2.75, 3.05) is 0 Å². The lowest BCUT2D eigenvalue weighted by atomic mass is 10.3. The van der Waals surface area contributed by atoms with E-state index in [9.17, 15) is 14.4 Å². The minimum Gasteiger partial charge on any atom is -0.479 e. The highest BCUT2D eigenvalue weighted by Gasteiger charge is 2.21. The number of ether oxygens (including phenoxy) is 1. The van der Waals surface area contributed by atoms with Crippen LogP contribution in [-0.4, -0.2) is 35.2 Å². The Bertz CT molecular complexity index is 252. The fourth-order valence-electron chi connectivity index (χ4n) is 0.649. The molecule has 0 aliphatic rings. The van der Waals surface area contributed by atoms with Crippen molar-refractivity contribution < 1.29 is 24.2 Å². The first-order chi connectivity index (χ1) is 6.34. The number of imide groups is 1. The molecule has 1 unspecified atom stereocenters. The molecule has 3 amide bonds. The molecule has 0 aromatic carbocycles. The lowest BCUT2D eigenvalue weighted by Gasteiger charge is -2.14. The van der Waals surface area contributed by atoms with Crippen LogP contribution in [0.1, 0.15) is 13.8 Å². The van der Waals surface area contributed by atoms with Gasteiger partial charge in [0.2, 0.25) is 0 Å². The Morgan fingerprint density at radius 1 is 1.29 bits per heavy atom. The Kier molecular flexibility index (Phi) is 4.57. The highest BCUT2D eigenvalue weighted by Crippen LogP contribution is 1.98. The van der Waals surface area contributed by atoms with E-state index in [1.54, 1.807) is 5.32 Å². The van der Waals surface area contributed by atoms with Gasteiger partial charge < -0.3 is 15.6 Å². The average molecular weight is 204 g/mol. The summed E-state index contributed by atoms with van der Waals surface area (Å²) in [5, 5.41) is 10.2. The molecule has 0 aromatic heterocycles. The van der Waals surface area contributed by atoms with E-state index in [2.05, 4.69) is 5.73 Å². The van der Waals surface area contributed by atoms with Crippen molar-refractivity contribution in [2.24, 2.45) is 5.73 Å². The largest absolute Gasteiger partial charge is 0.479 e. The van der Waals surface area contributed by atoms with Crippen LogP contribution in [0.15, 0.2) is 0 Å². The second kappa shape index (κ2) is 5.18. The van der Waals surface area contributed by atoms with Gasteiger partial charge in [0.15, 0.2) is 6.10 Å². The van der Waals surface area contributed by atoms with Crippen molar-refractivity contribution in [1.82, 2.24) is 5.32 Å². The summed E-state index contributed by atoms with van der Waals surface area (Å²) in [6, 6.07) is -1.01. The number of nitrogens with two attached hydrogens (primary N) is 1. The van der Waals surface area contributed by atoms with E-state index < -0.39 is 30.1 Å². The van der Waals surface area contributed by atoms with Crippen LogP contribution in [0.25, 0.3) is 0 Å². The van der Waals surface area contributed by atoms with Crippen LogP contribution in [-0.2, 0) is 14.3 Å². The molecule has 0 saturated heterocycles. The normalized spacial score (nSPS) is 14.1. The highest BCUT2D eigenvalue weighted by molar-refractivity contribution is 5.95. The Hall–Kier alpha value is -1.63. The van der Waals surface area contributed by atoms with Crippen molar-refractivity contribution in [3.05, 3.63) is 0 Å². The number of carboxylic acids is 1. The standard InChI is InChI=1S/C7H12N2O5/c1-3(5(10)9-7(8)13)14-4(2)6(11)12/h3-4H,1-2H3,(H,11,12)(H3,8,9,10,13)/t3?,4-/m0/s1. The number of hydrogen-bond donors (Lipinski definition) is 3. The Morgan fingerprint density at radius 3 is 2.14 bits per heavy atom. The van der Waals surface area contributed by atoms with Gasteiger partial charge in [-0.3, -0.25) is 10.1 Å². The topological polar surface area (TPSA) is 119 Å².